The van der Waals surface area contributed by atoms with Crippen molar-refractivity contribution < 1.29 is 9.00 Å². The van der Waals surface area contributed by atoms with Gasteiger partial charge in [0.15, 0.2) is 0 Å². The van der Waals surface area contributed by atoms with E-state index in [0.29, 0.717) is 10.6 Å². The lowest BCUT2D eigenvalue weighted by Crippen LogP contribution is -2.25. The molecule has 0 heterocycles. The molecule has 0 fully saturated rings. The number of nitrogens with two attached hydrogens (primary N) is 2. The molecule has 0 aliphatic rings. The number of primary amides is 1. The Morgan fingerprint density at radius 3 is 2.60 bits per heavy atom. The molecule has 82 valence electrons. The maximum absolute atomic E-state index is 11.8. The lowest BCUT2D eigenvalue weighted by molar-refractivity contribution is -0.120. The Hall–Kier alpha value is -1.36. The van der Waals surface area contributed by atoms with E-state index in [1.165, 1.54) is 0 Å². The first kappa shape index (κ1) is 11.7. The summed E-state index contributed by atoms with van der Waals surface area (Å²) in [5.41, 5.74) is 11.2. The van der Waals surface area contributed by atoms with Crippen molar-refractivity contribution in [2.45, 2.75) is 11.8 Å². The van der Waals surface area contributed by atoms with Gasteiger partial charge < -0.3 is 11.5 Å². The van der Waals surface area contributed by atoms with Crippen LogP contribution >= 0.6 is 0 Å². The highest BCUT2D eigenvalue weighted by Crippen LogP contribution is 2.17. The molecule has 15 heavy (non-hydrogen) atoms. The van der Waals surface area contributed by atoms with Crippen LogP contribution in [0.15, 0.2) is 29.2 Å². The number of hydrogen-bond donors (Lipinski definition) is 2. The van der Waals surface area contributed by atoms with Crippen molar-refractivity contribution in [3.63, 3.8) is 0 Å². The van der Waals surface area contributed by atoms with Crippen LogP contribution in [-0.2, 0) is 15.6 Å². The van der Waals surface area contributed by atoms with E-state index in [1.807, 2.05) is 0 Å². The number of rotatable bonds is 4. The van der Waals surface area contributed by atoms with Gasteiger partial charge in [-0.25, -0.2) is 0 Å². The van der Waals surface area contributed by atoms with E-state index in [-0.39, 0.29) is 5.75 Å². The largest absolute Gasteiger partial charge is 0.398 e. The highest BCUT2D eigenvalue weighted by Gasteiger charge is 2.15. The van der Waals surface area contributed by atoms with E-state index in [0.717, 1.165) is 0 Å². The summed E-state index contributed by atoms with van der Waals surface area (Å²) >= 11 is 0. The van der Waals surface area contributed by atoms with Gasteiger partial charge in [0.2, 0.25) is 5.91 Å². The fourth-order valence-electron chi connectivity index (χ4n) is 1.09. The molecule has 0 aliphatic carbocycles. The summed E-state index contributed by atoms with van der Waals surface area (Å²) in [6, 6.07) is 6.91. The van der Waals surface area contributed by atoms with Gasteiger partial charge in [0.1, 0.15) is 0 Å². The van der Waals surface area contributed by atoms with Crippen LogP contribution in [0.25, 0.3) is 0 Å². The van der Waals surface area contributed by atoms with Crippen molar-refractivity contribution in [1.29, 1.82) is 0 Å². The molecular weight excluding hydrogens is 212 g/mol. The Morgan fingerprint density at radius 2 is 2.07 bits per heavy atom. The standard InChI is InChI=1S/C10H14N2O2S/c1-7(10(12)13)6-15(14)9-5-3-2-4-8(9)11/h2-5,7H,6,11H2,1H3,(H2,12,13). The summed E-state index contributed by atoms with van der Waals surface area (Å²) in [6.45, 7) is 1.65. The zero-order valence-electron chi connectivity index (χ0n) is 8.47. The SMILES string of the molecule is CC(CS(=O)c1ccccc1N)C(N)=O. The average molecular weight is 226 g/mol. The van der Waals surface area contributed by atoms with Crippen LogP contribution in [0, 0.1) is 5.92 Å². The number of carbonyl (C=O) groups excluding carboxylic acids is 1. The van der Waals surface area contributed by atoms with Crippen molar-refractivity contribution in [3.8, 4) is 0 Å². The molecule has 4 N–H and O–H groups in total. The fourth-order valence-corrected chi connectivity index (χ4v) is 2.45. The highest BCUT2D eigenvalue weighted by molar-refractivity contribution is 7.85. The van der Waals surface area contributed by atoms with Gasteiger partial charge in [0.25, 0.3) is 0 Å². The van der Waals surface area contributed by atoms with E-state index in [4.69, 9.17) is 11.5 Å². The number of nitrogen functional groups attached to an aromatic ring is 1. The van der Waals surface area contributed by atoms with E-state index in [1.54, 1.807) is 31.2 Å². The van der Waals surface area contributed by atoms with Crippen molar-refractivity contribution in [3.05, 3.63) is 24.3 Å². The van der Waals surface area contributed by atoms with Crippen LogP contribution in [0.4, 0.5) is 5.69 Å². The van der Waals surface area contributed by atoms with Crippen LogP contribution in [0.1, 0.15) is 6.92 Å². The molecule has 1 aromatic carbocycles. The number of anilines is 1. The quantitative estimate of drug-likeness (QED) is 0.733. The van der Waals surface area contributed by atoms with Crippen LogP contribution in [0.3, 0.4) is 0 Å². The lowest BCUT2D eigenvalue weighted by atomic mass is 10.2. The first-order valence-electron chi connectivity index (χ1n) is 4.54. The lowest BCUT2D eigenvalue weighted by Gasteiger charge is -2.08. The molecule has 1 aromatic rings. The summed E-state index contributed by atoms with van der Waals surface area (Å²) in [6.07, 6.45) is 0. The van der Waals surface area contributed by atoms with Gasteiger partial charge in [-0.1, -0.05) is 19.1 Å². The van der Waals surface area contributed by atoms with Crippen LogP contribution in [0.5, 0.6) is 0 Å². The molecule has 0 radical (unpaired) electrons. The number of hydrogen-bond acceptors (Lipinski definition) is 3. The third-order valence-electron chi connectivity index (χ3n) is 2.05. The van der Waals surface area contributed by atoms with Gasteiger partial charge in [0, 0.05) is 17.4 Å². The predicted octanol–water partition coefficient (Wildman–Crippen LogP) is 0.498. The minimum absolute atomic E-state index is 0.212. The molecule has 2 unspecified atom stereocenters. The smallest absolute Gasteiger partial charge is 0.221 e. The van der Waals surface area contributed by atoms with E-state index in [2.05, 4.69) is 0 Å². The summed E-state index contributed by atoms with van der Waals surface area (Å²) in [5, 5.41) is 0. The van der Waals surface area contributed by atoms with Crippen molar-refractivity contribution in [2.75, 3.05) is 11.5 Å². The van der Waals surface area contributed by atoms with Crippen molar-refractivity contribution in [1.82, 2.24) is 0 Å². The third-order valence-corrected chi connectivity index (χ3v) is 3.72. The Bertz CT molecular complexity index is 393. The second-order valence-corrected chi connectivity index (χ2v) is 4.82. The van der Waals surface area contributed by atoms with Crippen LogP contribution in [-0.4, -0.2) is 15.9 Å². The maximum atomic E-state index is 11.8. The second kappa shape index (κ2) is 4.93. The number of carbonyl (C=O) groups is 1. The fraction of sp³-hybridized carbons (Fsp3) is 0.300. The molecule has 5 heteroatoms. The van der Waals surface area contributed by atoms with Gasteiger partial charge in [0.05, 0.1) is 15.7 Å². The third kappa shape index (κ3) is 3.06. The molecule has 0 saturated carbocycles. The predicted molar refractivity (Wildman–Crippen MR) is 60.5 cm³/mol. The van der Waals surface area contributed by atoms with E-state index in [9.17, 15) is 9.00 Å². The highest BCUT2D eigenvalue weighted by atomic mass is 32.2. The van der Waals surface area contributed by atoms with Crippen molar-refractivity contribution >= 4 is 22.4 Å². The van der Waals surface area contributed by atoms with Gasteiger partial charge in [-0.3, -0.25) is 9.00 Å². The monoisotopic (exact) mass is 226 g/mol. The van der Waals surface area contributed by atoms with Gasteiger partial charge >= 0.3 is 0 Å². The minimum atomic E-state index is -1.27. The molecule has 0 aliphatic heterocycles. The van der Waals surface area contributed by atoms with Crippen molar-refractivity contribution in [2.24, 2.45) is 11.7 Å². The Morgan fingerprint density at radius 1 is 1.47 bits per heavy atom. The maximum Gasteiger partial charge on any atom is 0.221 e. The Kier molecular flexibility index (Phi) is 3.85. The molecule has 0 aromatic heterocycles. The second-order valence-electron chi connectivity index (χ2n) is 3.35. The molecule has 0 spiro atoms. The normalized spacial score (nSPS) is 14.5. The molecule has 4 nitrogen and oxygen atoms in total. The number of amides is 1. The molecule has 2 atom stereocenters. The summed E-state index contributed by atoms with van der Waals surface area (Å²) in [7, 11) is -1.27. The van der Waals surface area contributed by atoms with E-state index < -0.39 is 22.6 Å². The van der Waals surface area contributed by atoms with Crippen LogP contribution < -0.4 is 11.5 Å². The first-order chi connectivity index (χ1) is 7.02. The summed E-state index contributed by atoms with van der Waals surface area (Å²) < 4.78 is 11.8. The molecule has 1 rings (SSSR count). The average Bonchev–Trinajstić information content (AvgIpc) is 2.18. The Labute approximate surface area is 91.1 Å². The molecule has 1 amide bonds. The molecule has 0 bridgehead atoms. The zero-order valence-corrected chi connectivity index (χ0v) is 9.29. The Balaban J connectivity index is 2.78. The first-order valence-corrected chi connectivity index (χ1v) is 5.86. The number of benzene rings is 1. The van der Waals surface area contributed by atoms with E-state index >= 15 is 0 Å². The number of para-hydroxylation sites is 1. The summed E-state index contributed by atoms with van der Waals surface area (Å²) in [5.74, 6) is -0.646. The van der Waals surface area contributed by atoms with Gasteiger partial charge in [-0.2, -0.15) is 0 Å². The van der Waals surface area contributed by atoms with Crippen LogP contribution in [0.2, 0.25) is 0 Å². The topological polar surface area (TPSA) is 86.2 Å². The molecular formula is C10H14N2O2S. The van der Waals surface area contributed by atoms with Gasteiger partial charge in [-0.05, 0) is 12.1 Å². The summed E-state index contributed by atoms with van der Waals surface area (Å²) in [4.78, 5) is 11.4. The minimum Gasteiger partial charge on any atom is -0.398 e. The van der Waals surface area contributed by atoms with Gasteiger partial charge in [-0.15, -0.1) is 0 Å². The zero-order chi connectivity index (χ0) is 11.4. The molecule has 0 saturated heterocycles.